The average molecular weight is 472 g/mol. The van der Waals surface area contributed by atoms with Crippen LogP contribution in [0.3, 0.4) is 0 Å². The number of ether oxygens (including phenoxy) is 1. The number of hydrogen-bond acceptors (Lipinski definition) is 6. The number of aromatic nitrogens is 3. The Bertz CT molecular complexity index is 1170. The molecule has 1 atom stereocenters. The zero-order valence-corrected chi connectivity index (χ0v) is 21.1. The number of fused-ring (bicyclic) bond motifs is 1. The summed E-state index contributed by atoms with van der Waals surface area (Å²) in [6, 6.07) is 3.83. The van der Waals surface area contributed by atoms with Crippen molar-refractivity contribution >= 4 is 39.1 Å². The average Bonchev–Trinajstić information content (AvgIpc) is 3.18. The number of amides is 1. The molecule has 0 spiro atoms. The second kappa shape index (κ2) is 10.8. The zero-order chi connectivity index (χ0) is 24.1. The molecule has 2 N–H and O–H groups in total. The zero-order valence-electron chi connectivity index (χ0n) is 20.2. The molecular weight excluding hydrogens is 438 g/mol. The van der Waals surface area contributed by atoms with Crippen molar-refractivity contribution in [2.24, 2.45) is 0 Å². The van der Waals surface area contributed by atoms with E-state index in [1.165, 1.54) is 6.92 Å². The molecule has 1 aromatic carbocycles. The second-order valence-corrected chi connectivity index (χ2v) is 9.50. The summed E-state index contributed by atoms with van der Waals surface area (Å²) in [4.78, 5) is 26.4. The number of aromatic amines is 1. The van der Waals surface area contributed by atoms with E-state index in [0.717, 1.165) is 59.7 Å². The van der Waals surface area contributed by atoms with Crippen LogP contribution in [0.2, 0.25) is 0 Å². The van der Waals surface area contributed by atoms with Crippen LogP contribution in [0.4, 0.5) is 11.4 Å². The van der Waals surface area contributed by atoms with Crippen LogP contribution in [0, 0.1) is 13.8 Å². The number of hydrogen-bond donors (Lipinski definition) is 2. The third-order valence-electron chi connectivity index (χ3n) is 5.45. The third-order valence-corrected chi connectivity index (χ3v) is 6.61. The number of methoxy groups -OCH3 is 1. The Morgan fingerprint density at radius 3 is 2.52 bits per heavy atom. The van der Waals surface area contributed by atoms with E-state index in [9.17, 15) is 9.00 Å². The summed E-state index contributed by atoms with van der Waals surface area (Å²) < 4.78 is 18.6. The first-order chi connectivity index (χ1) is 15.8. The minimum absolute atomic E-state index is 0.137. The van der Waals surface area contributed by atoms with Gasteiger partial charge in [-0.05, 0) is 38.8 Å². The van der Waals surface area contributed by atoms with Gasteiger partial charge in [0.25, 0.3) is 0 Å². The number of pyridine rings is 1. The molecule has 0 saturated heterocycles. The van der Waals surface area contributed by atoms with Crippen molar-refractivity contribution in [1.82, 2.24) is 15.0 Å². The third kappa shape index (κ3) is 5.52. The fraction of sp³-hybridized carbons (Fsp3) is 0.458. The van der Waals surface area contributed by atoms with Gasteiger partial charge in [0.05, 0.1) is 51.8 Å². The van der Waals surface area contributed by atoms with E-state index in [4.69, 9.17) is 4.74 Å². The van der Waals surface area contributed by atoms with Gasteiger partial charge < -0.3 is 19.9 Å². The Morgan fingerprint density at radius 1 is 1.21 bits per heavy atom. The summed E-state index contributed by atoms with van der Waals surface area (Å²) >= 11 is 0. The van der Waals surface area contributed by atoms with Gasteiger partial charge in [0.2, 0.25) is 5.91 Å². The molecule has 8 nitrogen and oxygen atoms in total. The molecule has 3 aromatic rings. The van der Waals surface area contributed by atoms with Crippen LogP contribution in [0.1, 0.15) is 50.4 Å². The number of benzene rings is 1. The predicted molar refractivity (Wildman–Crippen MR) is 134 cm³/mol. The van der Waals surface area contributed by atoms with Gasteiger partial charge in [0.1, 0.15) is 5.75 Å². The summed E-state index contributed by atoms with van der Waals surface area (Å²) in [6.45, 7) is 11.4. The number of nitrogens with zero attached hydrogens (tertiary/aromatic N) is 3. The molecule has 0 saturated carbocycles. The minimum Gasteiger partial charge on any atom is -0.496 e. The first-order valence-corrected chi connectivity index (χ1v) is 12.5. The van der Waals surface area contributed by atoms with E-state index in [-0.39, 0.29) is 11.7 Å². The Morgan fingerprint density at radius 2 is 1.91 bits per heavy atom. The van der Waals surface area contributed by atoms with Crippen molar-refractivity contribution < 1.29 is 13.7 Å². The van der Waals surface area contributed by atoms with E-state index in [0.29, 0.717) is 16.4 Å². The van der Waals surface area contributed by atoms with E-state index < -0.39 is 10.8 Å². The monoisotopic (exact) mass is 471 g/mol. The number of imidazole rings is 1. The predicted octanol–water partition coefficient (Wildman–Crippen LogP) is 4.48. The maximum atomic E-state index is 13.2. The molecule has 0 bridgehead atoms. The molecule has 2 aromatic heterocycles. The van der Waals surface area contributed by atoms with Gasteiger partial charge in [-0.15, -0.1) is 0 Å². The van der Waals surface area contributed by atoms with Gasteiger partial charge in [0.15, 0.2) is 5.16 Å². The maximum absolute atomic E-state index is 13.2. The minimum atomic E-state index is -1.42. The van der Waals surface area contributed by atoms with Gasteiger partial charge in [0, 0.05) is 37.3 Å². The van der Waals surface area contributed by atoms with Crippen LogP contribution in [0.15, 0.2) is 23.5 Å². The number of rotatable bonds is 10. The topological polar surface area (TPSA) is 100 Å². The Hall–Kier alpha value is -2.94. The number of anilines is 2. The summed E-state index contributed by atoms with van der Waals surface area (Å²) in [6.07, 6.45) is 3.71. The number of H-pyrrole nitrogens is 1. The molecule has 1 unspecified atom stereocenters. The molecule has 9 heteroatoms. The van der Waals surface area contributed by atoms with Crippen LogP contribution < -0.4 is 15.0 Å². The highest BCUT2D eigenvalue weighted by molar-refractivity contribution is 7.84. The van der Waals surface area contributed by atoms with Gasteiger partial charge >= 0.3 is 0 Å². The molecule has 178 valence electrons. The van der Waals surface area contributed by atoms with Crippen LogP contribution in [-0.2, 0) is 21.3 Å². The molecule has 0 radical (unpaired) electrons. The number of carbonyl (C=O) groups excluding carboxylic acids is 1. The van der Waals surface area contributed by atoms with E-state index in [1.54, 1.807) is 13.3 Å². The highest BCUT2D eigenvalue weighted by Gasteiger charge is 2.19. The largest absolute Gasteiger partial charge is 0.496 e. The Labute approximate surface area is 197 Å². The smallest absolute Gasteiger partial charge is 0.221 e. The number of carbonyl (C=O) groups is 1. The lowest BCUT2D eigenvalue weighted by Gasteiger charge is -2.26. The van der Waals surface area contributed by atoms with E-state index >= 15 is 0 Å². The molecule has 1 amide bonds. The highest BCUT2D eigenvalue weighted by Crippen LogP contribution is 2.32. The molecule has 33 heavy (non-hydrogen) atoms. The number of aryl methyl sites for hydroxylation is 1. The van der Waals surface area contributed by atoms with Gasteiger partial charge in [-0.2, -0.15) is 0 Å². The SMILES string of the molecule is CCCN(CCC)c1cc2nc(S(=O)Cc3ncc(C)c(OC)c3C)[nH]c2cc1NC(C)=O. The number of nitrogens with one attached hydrogen (secondary N) is 2. The van der Waals surface area contributed by atoms with Crippen LogP contribution in [0.5, 0.6) is 5.75 Å². The van der Waals surface area contributed by atoms with Gasteiger partial charge in [-0.3, -0.25) is 14.0 Å². The molecule has 0 fully saturated rings. The van der Waals surface area contributed by atoms with Crippen molar-refractivity contribution in [2.45, 2.75) is 58.4 Å². The lowest BCUT2D eigenvalue weighted by atomic mass is 10.1. The normalized spacial score (nSPS) is 12.1. The van der Waals surface area contributed by atoms with Crippen molar-refractivity contribution in [1.29, 1.82) is 0 Å². The lowest BCUT2D eigenvalue weighted by molar-refractivity contribution is -0.114. The first-order valence-electron chi connectivity index (χ1n) is 11.2. The fourth-order valence-electron chi connectivity index (χ4n) is 3.98. The standard InChI is InChI=1S/C24H33N5O3S/c1-7-9-29(10-8-2)22-12-19-18(11-20(22)26-17(5)30)27-24(28-19)33(31)14-21-16(4)23(32-6)15(3)13-25-21/h11-13H,7-10,14H2,1-6H3,(H,26,30)(H,27,28). The Balaban J connectivity index is 1.99. The van der Waals surface area contributed by atoms with Crippen molar-refractivity contribution in [3.8, 4) is 5.75 Å². The summed E-state index contributed by atoms with van der Waals surface area (Å²) in [5.41, 5.74) is 5.62. The van der Waals surface area contributed by atoms with E-state index in [2.05, 4.69) is 39.0 Å². The maximum Gasteiger partial charge on any atom is 0.221 e. The molecule has 3 rings (SSSR count). The molecular formula is C24H33N5O3S. The highest BCUT2D eigenvalue weighted by atomic mass is 32.2. The molecule has 0 aliphatic rings. The lowest BCUT2D eigenvalue weighted by Crippen LogP contribution is -2.26. The van der Waals surface area contributed by atoms with Gasteiger partial charge in [-0.25, -0.2) is 4.98 Å². The fourth-order valence-corrected chi connectivity index (χ4v) is 5.08. The Kier molecular flexibility index (Phi) is 8.07. The molecule has 2 heterocycles. The van der Waals surface area contributed by atoms with Gasteiger partial charge in [-0.1, -0.05) is 13.8 Å². The first kappa shape index (κ1) is 24.7. The van der Waals surface area contributed by atoms with Crippen molar-refractivity contribution in [2.75, 3.05) is 30.4 Å². The van der Waals surface area contributed by atoms with Crippen LogP contribution in [0.25, 0.3) is 11.0 Å². The molecule has 0 aliphatic carbocycles. The summed E-state index contributed by atoms with van der Waals surface area (Å²) in [5.74, 6) is 0.853. The summed E-state index contributed by atoms with van der Waals surface area (Å²) in [5, 5.41) is 3.32. The van der Waals surface area contributed by atoms with Crippen LogP contribution in [-0.4, -0.2) is 45.3 Å². The van der Waals surface area contributed by atoms with Crippen LogP contribution >= 0.6 is 0 Å². The second-order valence-electron chi connectivity index (χ2n) is 8.13. The molecule has 0 aliphatic heterocycles. The van der Waals surface area contributed by atoms with E-state index in [1.807, 2.05) is 26.0 Å². The van der Waals surface area contributed by atoms with Crippen molar-refractivity contribution in [3.05, 3.63) is 35.2 Å². The summed E-state index contributed by atoms with van der Waals surface area (Å²) in [7, 11) is 0.204. The van der Waals surface area contributed by atoms with Crippen molar-refractivity contribution in [3.63, 3.8) is 0 Å². The quantitative estimate of drug-likeness (QED) is 0.452.